The maximum Gasteiger partial charge on any atom is 0.254 e. The number of benzene rings is 2. The summed E-state index contributed by atoms with van der Waals surface area (Å²) in [4.78, 5) is 14.8. The van der Waals surface area contributed by atoms with Crippen LogP contribution in [0.15, 0.2) is 65.3 Å². The van der Waals surface area contributed by atoms with Gasteiger partial charge in [0.05, 0.1) is 24.3 Å². The Bertz CT molecular complexity index is 1040. The molecular formula is C20H19NO4S. The second kappa shape index (κ2) is 6.61. The van der Waals surface area contributed by atoms with Crippen LogP contribution in [0.3, 0.4) is 0 Å². The van der Waals surface area contributed by atoms with Crippen molar-refractivity contribution in [3.63, 3.8) is 0 Å². The first-order chi connectivity index (χ1) is 12.5. The lowest BCUT2D eigenvalue weighted by molar-refractivity contribution is 0.0666. The number of furan rings is 1. The largest absolute Gasteiger partial charge is 0.467 e. The Labute approximate surface area is 152 Å². The Morgan fingerprint density at radius 2 is 1.88 bits per heavy atom. The van der Waals surface area contributed by atoms with E-state index in [1.54, 1.807) is 29.4 Å². The highest BCUT2D eigenvalue weighted by Gasteiger charge is 2.35. The van der Waals surface area contributed by atoms with Gasteiger partial charge in [0.15, 0.2) is 9.84 Å². The van der Waals surface area contributed by atoms with Crippen molar-refractivity contribution >= 4 is 26.5 Å². The molecular weight excluding hydrogens is 350 g/mol. The summed E-state index contributed by atoms with van der Waals surface area (Å²) in [6.45, 7) is 0.263. The van der Waals surface area contributed by atoms with Gasteiger partial charge in [-0.15, -0.1) is 0 Å². The molecule has 0 unspecified atom stereocenters. The van der Waals surface area contributed by atoms with Gasteiger partial charge in [0.25, 0.3) is 5.91 Å². The van der Waals surface area contributed by atoms with Crippen LogP contribution in [0.25, 0.3) is 10.8 Å². The summed E-state index contributed by atoms with van der Waals surface area (Å²) in [6.07, 6.45) is 2.02. The van der Waals surface area contributed by atoms with E-state index in [2.05, 4.69) is 0 Å². The van der Waals surface area contributed by atoms with E-state index in [0.717, 1.165) is 10.8 Å². The van der Waals surface area contributed by atoms with Gasteiger partial charge in [0.2, 0.25) is 0 Å². The molecule has 0 saturated carbocycles. The first-order valence-electron chi connectivity index (χ1n) is 8.54. The van der Waals surface area contributed by atoms with Gasteiger partial charge in [-0.25, -0.2) is 8.42 Å². The zero-order valence-electron chi connectivity index (χ0n) is 14.2. The van der Waals surface area contributed by atoms with E-state index in [1.807, 2.05) is 36.4 Å². The second-order valence-corrected chi connectivity index (χ2v) is 8.86. The van der Waals surface area contributed by atoms with Gasteiger partial charge < -0.3 is 9.32 Å². The van der Waals surface area contributed by atoms with E-state index in [9.17, 15) is 13.2 Å². The molecule has 1 amide bonds. The summed E-state index contributed by atoms with van der Waals surface area (Å²) in [5.41, 5.74) is 0.555. The molecule has 1 aliphatic rings. The molecule has 26 heavy (non-hydrogen) atoms. The van der Waals surface area contributed by atoms with E-state index in [-0.39, 0.29) is 30.0 Å². The zero-order valence-corrected chi connectivity index (χ0v) is 15.0. The van der Waals surface area contributed by atoms with Crippen molar-refractivity contribution in [3.05, 3.63) is 72.2 Å². The van der Waals surface area contributed by atoms with Crippen LogP contribution in [0.1, 0.15) is 22.5 Å². The van der Waals surface area contributed by atoms with Crippen LogP contribution in [0.5, 0.6) is 0 Å². The Hall–Kier alpha value is -2.60. The number of fused-ring (bicyclic) bond motifs is 1. The predicted octanol–water partition coefficient (Wildman–Crippen LogP) is 3.26. The van der Waals surface area contributed by atoms with Crippen LogP contribution in [0.4, 0.5) is 0 Å². The normalized spacial score (nSPS) is 18.8. The monoisotopic (exact) mass is 369 g/mol. The molecule has 1 saturated heterocycles. The summed E-state index contributed by atoms with van der Waals surface area (Å²) in [5, 5.41) is 2.04. The summed E-state index contributed by atoms with van der Waals surface area (Å²) < 4.78 is 29.2. The molecule has 0 N–H and O–H groups in total. The third-order valence-electron chi connectivity index (χ3n) is 4.81. The number of nitrogens with zero attached hydrogens (tertiary/aromatic N) is 1. The molecule has 4 rings (SSSR count). The van der Waals surface area contributed by atoms with Crippen LogP contribution in [0.2, 0.25) is 0 Å². The first kappa shape index (κ1) is 16.8. The molecule has 0 radical (unpaired) electrons. The Morgan fingerprint density at radius 3 is 2.58 bits per heavy atom. The van der Waals surface area contributed by atoms with Crippen LogP contribution in [-0.2, 0) is 16.4 Å². The highest BCUT2D eigenvalue weighted by Crippen LogP contribution is 2.24. The number of rotatable bonds is 4. The lowest BCUT2D eigenvalue weighted by Crippen LogP contribution is -2.40. The molecule has 5 nitrogen and oxygen atoms in total. The average Bonchev–Trinajstić information content (AvgIpc) is 3.27. The molecule has 1 aliphatic heterocycles. The van der Waals surface area contributed by atoms with E-state index in [1.165, 1.54) is 0 Å². The third kappa shape index (κ3) is 3.37. The maximum atomic E-state index is 13.2. The average molecular weight is 369 g/mol. The van der Waals surface area contributed by atoms with Crippen LogP contribution in [0, 0.1) is 0 Å². The van der Waals surface area contributed by atoms with Gasteiger partial charge in [-0.2, -0.15) is 0 Å². The maximum absolute atomic E-state index is 13.2. The van der Waals surface area contributed by atoms with E-state index >= 15 is 0 Å². The zero-order chi connectivity index (χ0) is 18.1. The fourth-order valence-electron chi connectivity index (χ4n) is 3.45. The fraction of sp³-hybridized carbons (Fsp3) is 0.250. The van der Waals surface area contributed by atoms with Crippen molar-refractivity contribution in [2.24, 2.45) is 0 Å². The standard InChI is InChI=1S/C20H19NO4S/c22-20(17-8-7-15-4-1-2-5-16(15)12-17)21(13-19-6-3-10-25-19)18-9-11-26(23,24)14-18/h1-8,10,12,18H,9,11,13-14H2/t18-/m0/s1. The third-order valence-corrected chi connectivity index (χ3v) is 6.56. The van der Waals surface area contributed by atoms with Crippen molar-refractivity contribution < 1.29 is 17.6 Å². The molecule has 3 aromatic rings. The highest BCUT2D eigenvalue weighted by atomic mass is 32.2. The summed E-state index contributed by atoms with van der Waals surface area (Å²) in [7, 11) is -3.09. The van der Waals surface area contributed by atoms with Crippen LogP contribution in [-0.4, -0.2) is 36.8 Å². The number of hydrogen-bond donors (Lipinski definition) is 0. The van der Waals surface area contributed by atoms with Crippen molar-refractivity contribution in [2.75, 3.05) is 11.5 Å². The van der Waals surface area contributed by atoms with Crippen molar-refractivity contribution in [3.8, 4) is 0 Å². The minimum absolute atomic E-state index is 0.00697. The Kier molecular flexibility index (Phi) is 4.28. The first-order valence-corrected chi connectivity index (χ1v) is 10.4. The number of amides is 1. The summed E-state index contributed by atoms with van der Waals surface area (Å²) >= 11 is 0. The quantitative estimate of drug-likeness (QED) is 0.708. The van der Waals surface area contributed by atoms with Gasteiger partial charge in [-0.05, 0) is 41.5 Å². The Balaban J connectivity index is 1.68. The second-order valence-electron chi connectivity index (χ2n) is 6.63. The van der Waals surface area contributed by atoms with E-state index in [4.69, 9.17) is 4.42 Å². The number of hydrogen-bond acceptors (Lipinski definition) is 4. The van der Waals surface area contributed by atoms with Crippen LogP contribution >= 0.6 is 0 Å². The number of carbonyl (C=O) groups excluding carboxylic acids is 1. The molecule has 6 heteroatoms. The molecule has 2 aromatic carbocycles. The molecule has 0 aliphatic carbocycles. The van der Waals surface area contributed by atoms with Gasteiger partial charge >= 0.3 is 0 Å². The van der Waals surface area contributed by atoms with Gasteiger partial charge in [0.1, 0.15) is 5.76 Å². The van der Waals surface area contributed by atoms with Gasteiger partial charge in [-0.1, -0.05) is 30.3 Å². The molecule has 1 aromatic heterocycles. The Morgan fingerprint density at radius 1 is 1.08 bits per heavy atom. The fourth-order valence-corrected chi connectivity index (χ4v) is 5.18. The lowest BCUT2D eigenvalue weighted by Gasteiger charge is -2.27. The molecule has 0 bridgehead atoms. The highest BCUT2D eigenvalue weighted by molar-refractivity contribution is 7.91. The topological polar surface area (TPSA) is 67.6 Å². The van der Waals surface area contributed by atoms with E-state index < -0.39 is 9.84 Å². The van der Waals surface area contributed by atoms with Crippen LogP contribution < -0.4 is 0 Å². The molecule has 2 heterocycles. The van der Waals surface area contributed by atoms with Crippen molar-refractivity contribution in [2.45, 2.75) is 19.0 Å². The van der Waals surface area contributed by atoms with E-state index in [0.29, 0.717) is 17.7 Å². The number of sulfone groups is 1. The lowest BCUT2D eigenvalue weighted by atomic mass is 10.1. The summed E-state index contributed by atoms with van der Waals surface area (Å²) in [5.74, 6) is 0.599. The van der Waals surface area contributed by atoms with Gasteiger partial charge in [0, 0.05) is 11.6 Å². The minimum atomic E-state index is -3.09. The number of carbonyl (C=O) groups is 1. The molecule has 1 fully saturated rings. The minimum Gasteiger partial charge on any atom is -0.467 e. The summed E-state index contributed by atoms with van der Waals surface area (Å²) in [6, 6.07) is 16.6. The SMILES string of the molecule is O=C(c1ccc2ccccc2c1)N(Cc1ccco1)[C@H]1CCS(=O)(=O)C1. The van der Waals surface area contributed by atoms with Gasteiger partial charge in [-0.3, -0.25) is 4.79 Å². The smallest absolute Gasteiger partial charge is 0.254 e. The molecule has 134 valence electrons. The molecule has 0 spiro atoms. The van der Waals surface area contributed by atoms with Crippen molar-refractivity contribution in [1.29, 1.82) is 0 Å². The predicted molar refractivity (Wildman–Crippen MR) is 99.6 cm³/mol. The molecule has 1 atom stereocenters. The van der Waals surface area contributed by atoms with Crippen molar-refractivity contribution in [1.82, 2.24) is 4.90 Å².